The summed E-state index contributed by atoms with van der Waals surface area (Å²) in [6, 6.07) is 9.80. The van der Waals surface area contributed by atoms with Crippen LogP contribution in [0.5, 0.6) is 5.75 Å². The number of ether oxygens (including phenoxy) is 2. The molecule has 2 amide bonds. The van der Waals surface area contributed by atoms with Gasteiger partial charge in [0.2, 0.25) is 0 Å². The Kier molecular flexibility index (Phi) is 8.67. The van der Waals surface area contributed by atoms with Crippen LogP contribution < -0.4 is 15.6 Å². The number of fused-ring (bicyclic) bond motifs is 1. The van der Waals surface area contributed by atoms with Crippen LogP contribution in [0.15, 0.2) is 35.1 Å². The van der Waals surface area contributed by atoms with Gasteiger partial charge in [-0.25, -0.2) is 4.79 Å². The first-order chi connectivity index (χ1) is 18.6. The van der Waals surface area contributed by atoms with Gasteiger partial charge >= 0.3 is 6.09 Å². The van der Waals surface area contributed by atoms with Gasteiger partial charge in [-0.15, -0.1) is 0 Å². The van der Waals surface area contributed by atoms with E-state index < -0.39 is 0 Å². The molecule has 1 aliphatic heterocycles. The van der Waals surface area contributed by atoms with Crippen LogP contribution in [-0.4, -0.2) is 53.3 Å². The Morgan fingerprint density at radius 2 is 1.82 bits per heavy atom. The number of pyridine rings is 1. The second-order valence-electron chi connectivity index (χ2n) is 10.9. The van der Waals surface area contributed by atoms with Crippen LogP contribution in [0.2, 0.25) is 0 Å². The minimum Gasteiger partial charge on any atom is -0.496 e. The van der Waals surface area contributed by atoms with Crippen molar-refractivity contribution in [3.63, 3.8) is 0 Å². The maximum Gasteiger partial charge on any atom is 0.409 e. The van der Waals surface area contributed by atoms with Crippen molar-refractivity contribution in [2.75, 3.05) is 26.8 Å². The summed E-state index contributed by atoms with van der Waals surface area (Å²) < 4.78 is 13.1. The fourth-order valence-electron chi connectivity index (χ4n) is 5.60. The first-order valence-electron chi connectivity index (χ1n) is 13.7. The van der Waals surface area contributed by atoms with Crippen molar-refractivity contribution in [1.29, 1.82) is 0 Å². The Balaban J connectivity index is 1.53. The Bertz CT molecular complexity index is 1400. The standard InChI is InChI=1S/C30H40N4O5/c1-18(2)17-39-30(37)33-13-11-22(12-14-33)20(4)34-21(5)27(23-9-7-8-10-25(23)34)29(36)31-16-24-26(38-6)15-19(3)32-28(24)35/h7-10,15,18,20,22H,11-14,16-17H2,1-6H3,(H,31,36)(H,32,35). The minimum atomic E-state index is -0.278. The number of aromatic amines is 1. The van der Waals surface area contributed by atoms with E-state index in [0.29, 0.717) is 54.1 Å². The zero-order chi connectivity index (χ0) is 28.3. The number of aryl methyl sites for hydroxylation is 1. The molecule has 1 aliphatic rings. The zero-order valence-corrected chi connectivity index (χ0v) is 23.8. The summed E-state index contributed by atoms with van der Waals surface area (Å²) >= 11 is 0. The molecule has 0 radical (unpaired) electrons. The third kappa shape index (κ3) is 5.97. The van der Waals surface area contributed by atoms with Gasteiger partial charge in [-0.2, -0.15) is 0 Å². The molecular weight excluding hydrogens is 496 g/mol. The van der Waals surface area contributed by atoms with Gasteiger partial charge in [0.05, 0.1) is 31.4 Å². The van der Waals surface area contributed by atoms with Crippen molar-refractivity contribution in [3.8, 4) is 5.75 Å². The average molecular weight is 537 g/mol. The number of amides is 2. The van der Waals surface area contributed by atoms with Crippen LogP contribution in [0.3, 0.4) is 0 Å². The molecule has 3 heterocycles. The number of para-hydroxylation sites is 1. The molecule has 39 heavy (non-hydrogen) atoms. The van der Waals surface area contributed by atoms with E-state index in [1.165, 1.54) is 7.11 Å². The molecule has 0 spiro atoms. The number of rotatable bonds is 8. The van der Waals surface area contributed by atoms with Gasteiger partial charge in [-0.1, -0.05) is 32.0 Å². The molecule has 1 aromatic carbocycles. The third-order valence-electron chi connectivity index (χ3n) is 7.69. The van der Waals surface area contributed by atoms with Gasteiger partial charge < -0.3 is 29.2 Å². The first-order valence-corrected chi connectivity index (χ1v) is 13.7. The molecule has 4 rings (SSSR count). The van der Waals surface area contributed by atoms with E-state index >= 15 is 0 Å². The van der Waals surface area contributed by atoms with Crippen molar-refractivity contribution in [1.82, 2.24) is 19.8 Å². The highest BCUT2D eigenvalue weighted by molar-refractivity contribution is 6.08. The molecule has 0 bridgehead atoms. The van der Waals surface area contributed by atoms with E-state index in [-0.39, 0.29) is 30.1 Å². The molecule has 2 aromatic heterocycles. The SMILES string of the molecule is COc1cc(C)[nH]c(=O)c1CNC(=O)c1c(C)n(C(C)C2CCN(C(=O)OCC(C)C)CC2)c2ccccc12. The summed E-state index contributed by atoms with van der Waals surface area (Å²) in [6.07, 6.45) is 1.49. The number of benzene rings is 1. The quantitative estimate of drug-likeness (QED) is 0.424. The number of hydrogen-bond acceptors (Lipinski definition) is 5. The van der Waals surface area contributed by atoms with Gasteiger partial charge in [0.1, 0.15) is 5.75 Å². The van der Waals surface area contributed by atoms with Crippen LogP contribution in [0.1, 0.15) is 67.0 Å². The number of H-pyrrole nitrogens is 1. The smallest absolute Gasteiger partial charge is 0.409 e. The molecule has 1 unspecified atom stereocenters. The molecule has 210 valence electrons. The third-order valence-corrected chi connectivity index (χ3v) is 7.69. The highest BCUT2D eigenvalue weighted by Gasteiger charge is 2.31. The molecule has 0 aliphatic carbocycles. The number of methoxy groups -OCH3 is 1. The summed E-state index contributed by atoms with van der Waals surface area (Å²) in [5.41, 5.74) is 3.28. The fraction of sp³-hybridized carbons (Fsp3) is 0.500. The zero-order valence-electron chi connectivity index (χ0n) is 23.8. The number of carbonyl (C=O) groups excluding carboxylic acids is 2. The second kappa shape index (κ2) is 12.0. The summed E-state index contributed by atoms with van der Waals surface area (Å²) in [4.78, 5) is 43.1. The number of aromatic nitrogens is 2. The van der Waals surface area contributed by atoms with Gasteiger partial charge in [0.15, 0.2) is 0 Å². The van der Waals surface area contributed by atoms with E-state index in [0.717, 1.165) is 29.4 Å². The van der Waals surface area contributed by atoms with Crippen LogP contribution in [0.4, 0.5) is 4.79 Å². The molecule has 0 saturated carbocycles. The maximum atomic E-state index is 13.5. The molecule has 2 N–H and O–H groups in total. The second-order valence-corrected chi connectivity index (χ2v) is 10.9. The minimum absolute atomic E-state index is 0.0531. The molecule has 1 fully saturated rings. The van der Waals surface area contributed by atoms with Crippen molar-refractivity contribution >= 4 is 22.9 Å². The molecular formula is C30H40N4O5. The lowest BCUT2D eigenvalue weighted by Gasteiger charge is -2.35. The van der Waals surface area contributed by atoms with E-state index in [1.807, 2.05) is 45.0 Å². The summed E-state index contributed by atoms with van der Waals surface area (Å²) in [7, 11) is 1.51. The Hall–Kier alpha value is -3.75. The predicted octanol–water partition coefficient (Wildman–Crippen LogP) is 4.95. The van der Waals surface area contributed by atoms with E-state index in [4.69, 9.17) is 9.47 Å². The van der Waals surface area contributed by atoms with Crippen molar-refractivity contribution < 1.29 is 19.1 Å². The highest BCUT2D eigenvalue weighted by atomic mass is 16.6. The number of carbonyl (C=O) groups is 2. The average Bonchev–Trinajstić information content (AvgIpc) is 3.21. The monoisotopic (exact) mass is 536 g/mol. The summed E-state index contributed by atoms with van der Waals surface area (Å²) in [6.45, 7) is 11.8. The number of nitrogens with one attached hydrogen (secondary N) is 2. The number of likely N-dealkylation sites (tertiary alicyclic amines) is 1. The molecule has 9 heteroatoms. The highest BCUT2D eigenvalue weighted by Crippen LogP contribution is 2.36. The lowest BCUT2D eigenvalue weighted by atomic mass is 9.90. The largest absolute Gasteiger partial charge is 0.496 e. The number of hydrogen-bond donors (Lipinski definition) is 2. The van der Waals surface area contributed by atoms with Crippen molar-refractivity contribution in [2.24, 2.45) is 11.8 Å². The van der Waals surface area contributed by atoms with Crippen molar-refractivity contribution in [3.05, 3.63) is 63.2 Å². The fourth-order valence-corrected chi connectivity index (χ4v) is 5.60. The Morgan fingerprint density at radius 1 is 1.13 bits per heavy atom. The normalized spacial score (nSPS) is 15.0. The number of piperidine rings is 1. The lowest BCUT2D eigenvalue weighted by molar-refractivity contribution is 0.0743. The Labute approximate surface area is 229 Å². The molecule has 1 atom stereocenters. The van der Waals surface area contributed by atoms with Crippen molar-refractivity contribution in [2.45, 2.75) is 60.0 Å². The molecule has 3 aromatic rings. The van der Waals surface area contributed by atoms with Crippen LogP contribution in [0, 0.1) is 25.7 Å². The summed E-state index contributed by atoms with van der Waals surface area (Å²) in [5, 5.41) is 3.82. The Morgan fingerprint density at radius 3 is 2.49 bits per heavy atom. The van der Waals surface area contributed by atoms with E-state index in [9.17, 15) is 14.4 Å². The molecule has 9 nitrogen and oxygen atoms in total. The summed E-state index contributed by atoms with van der Waals surface area (Å²) in [5.74, 6) is 0.866. The predicted molar refractivity (Wildman–Crippen MR) is 151 cm³/mol. The van der Waals surface area contributed by atoms with Gasteiger partial charge in [0.25, 0.3) is 11.5 Å². The number of nitrogens with zero attached hydrogens (tertiary/aromatic N) is 2. The van der Waals surface area contributed by atoms with Crippen LogP contribution >= 0.6 is 0 Å². The molecule has 1 saturated heterocycles. The first kappa shape index (κ1) is 28.3. The lowest BCUT2D eigenvalue weighted by Crippen LogP contribution is -2.40. The van der Waals surface area contributed by atoms with E-state index in [2.05, 4.69) is 21.8 Å². The van der Waals surface area contributed by atoms with Gasteiger partial charge in [-0.05, 0) is 57.6 Å². The van der Waals surface area contributed by atoms with E-state index in [1.54, 1.807) is 17.9 Å². The van der Waals surface area contributed by atoms with Crippen LogP contribution in [-0.2, 0) is 11.3 Å². The topological polar surface area (TPSA) is 106 Å². The maximum absolute atomic E-state index is 13.5. The van der Waals surface area contributed by atoms with Gasteiger partial charge in [0, 0.05) is 41.4 Å². The van der Waals surface area contributed by atoms with Crippen LogP contribution in [0.25, 0.3) is 10.9 Å². The van der Waals surface area contributed by atoms with Gasteiger partial charge in [-0.3, -0.25) is 9.59 Å².